The van der Waals surface area contributed by atoms with Crippen LogP contribution in [0, 0.1) is 18.3 Å². The zero-order valence-corrected chi connectivity index (χ0v) is 18.1. The highest BCUT2D eigenvalue weighted by Crippen LogP contribution is 2.41. The average molecular weight is 443 g/mol. The Morgan fingerprint density at radius 2 is 1.21 bits per heavy atom. The number of nitriles is 1. The highest BCUT2D eigenvalue weighted by molar-refractivity contribution is 5.90. The third-order valence-corrected chi connectivity index (χ3v) is 5.69. The van der Waals surface area contributed by atoms with Crippen molar-refractivity contribution in [2.45, 2.75) is 13.1 Å². The van der Waals surface area contributed by atoms with Gasteiger partial charge in [-0.25, -0.2) is 0 Å². The molecule has 0 atom stereocenters. The molecule has 0 saturated heterocycles. The summed E-state index contributed by atoms with van der Waals surface area (Å²) in [6, 6.07) is 26.2. The Morgan fingerprint density at radius 1 is 0.697 bits per heavy atom. The van der Waals surface area contributed by atoms with E-state index >= 15 is 0 Å². The van der Waals surface area contributed by atoms with Crippen LogP contribution in [0.3, 0.4) is 0 Å². The van der Waals surface area contributed by atoms with E-state index in [9.17, 15) is 13.2 Å². The molecule has 0 fully saturated rings. The molecule has 0 unspecified atom stereocenters. The summed E-state index contributed by atoms with van der Waals surface area (Å²) in [4.78, 5) is 0. The van der Waals surface area contributed by atoms with Crippen molar-refractivity contribution in [1.82, 2.24) is 0 Å². The third kappa shape index (κ3) is 4.47. The fraction of sp³-hybridized carbons (Fsp3) is 0.107. The van der Waals surface area contributed by atoms with Crippen LogP contribution in [0.1, 0.15) is 16.7 Å². The average Bonchev–Trinajstić information content (AvgIpc) is 2.83. The number of halogens is 3. The molecule has 0 amide bonds. The second-order valence-electron chi connectivity index (χ2n) is 7.65. The molecule has 0 N–H and O–H groups in total. The molecule has 2 nitrogen and oxygen atoms in total. The van der Waals surface area contributed by atoms with Crippen molar-refractivity contribution in [3.05, 3.63) is 102 Å². The minimum absolute atomic E-state index is 0.543. The molecule has 4 aromatic carbocycles. The van der Waals surface area contributed by atoms with Crippen LogP contribution in [0.2, 0.25) is 0 Å². The van der Waals surface area contributed by atoms with Gasteiger partial charge in [0.05, 0.1) is 24.3 Å². The van der Waals surface area contributed by atoms with E-state index in [0.29, 0.717) is 11.1 Å². The number of benzene rings is 4. The fourth-order valence-electron chi connectivity index (χ4n) is 3.96. The first-order chi connectivity index (χ1) is 15.8. The standard InChI is InChI=1S/C28H20F3NO/c1-18-25(20-9-13-24(33-2)14-10-20)15-16-26(21-5-3-19(17-32)4-6-21)27(18)22-7-11-23(12-8-22)28(29,30)31/h3-16H,1-2H3. The molecular formula is C28H20F3NO. The maximum atomic E-state index is 13.1. The zero-order chi connectivity index (χ0) is 23.6. The van der Waals surface area contributed by atoms with Crippen LogP contribution in [0.5, 0.6) is 5.75 Å². The smallest absolute Gasteiger partial charge is 0.416 e. The van der Waals surface area contributed by atoms with E-state index in [4.69, 9.17) is 10.00 Å². The lowest BCUT2D eigenvalue weighted by molar-refractivity contribution is -0.137. The Hall–Kier alpha value is -4.04. The van der Waals surface area contributed by atoms with Gasteiger partial charge in [-0.05, 0) is 82.3 Å². The molecule has 164 valence electrons. The lowest BCUT2D eigenvalue weighted by atomic mass is 9.86. The molecule has 5 heteroatoms. The van der Waals surface area contributed by atoms with Crippen LogP contribution in [0.15, 0.2) is 84.9 Å². The van der Waals surface area contributed by atoms with Crippen molar-refractivity contribution in [2.24, 2.45) is 0 Å². The van der Waals surface area contributed by atoms with Gasteiger partial charge in [0.25, 0.3) is 0 Å². The molecule has 0 bridgehead atoms. The molecule has 0 radical (unpaired) electrons. The summed E-state index contributed by atoms with van der Waals surface area (Å²) >= 11 is 0. The highest BCUT2D eigenvalue weighted by Gasteiger charge is 2.30. The summed E-state index contributed by atoms with van der Waals surface area (Å²) in [7, 11) is 1.61. The third-order valence-electron chi connectivity index (χ3n) is 5.69. The summed E-state index contributed by atoms with van der Waals surface area (Å²) < 4.78 is 44.6. The Kier molecular flexibility index (Phi) is 5.93. The molecule has 4 aromatic rings. The predicted octanol–water partition coefficient (Wildman–Crippen LogP) is 7.90. The SMILES string of the molecule is COc1ccc(-c2ccc(-c3ccc(C#N)cc3)c(-c3ccc(C(F)(F)F)cc3)c2C)cc1. The molecular weight excluding hydrogens is 423 g/mol. The number of hydrogen-bond donors (Lipinski definition) is 0. The van der Waals surface area contributed by atoms with E-state index in [2.05, 4.69) is 6.07 Å². The Labute approximate surface area is 190 Å². The molecule has 0 saturated carbocycles. The van der Waals surface area contributed by atoms with E-state index in [1.807, 2.05) is 55.5 Å². The molecule has 0 heterocycles. The van der Waals surface area contributed by atoms with Crippen molar-refractivity contribution in [3.8, 4) is 45.2 Å². The summed E-state index contributed by atoms with van der Waals surface area (Å²) in [5.74, 6) is 0.744. The Morgan fingerprint density at radius 3 is 1.76 bits per heavy atom. The minimum atomic E-state index is -4.39. The van der Waals surface area contributed by atoms with Gasteiger partial charge < -0.3 is 4.74 Å². The van der Waals surface area contributed by atoms with Crippen molar-refractivity contribution in [1.29, 1.82) is 5.26 Å². The largest absolute Gasteiger partial charge is 0.497 e. The molecule has 0 aliphatic heterocycles. The van der Waals surface area contributed by atoms with Gasteiger partial charge in [0, 0.05) is 0 Å². The lowest BCUT2D eigenvalue weighted by Crippen LogP contribution is -2.04. The Bertz CT molecular complexity index is 1310. The van der Waals surface area contributed by atoms with Crippen LogP contribution >= 0.6 is 0 Å². The first-order valence-corrected chi connectivity index (χ1v) is 10.3. The van der Waals surface area contributed by atoms with Crippen LogP contribution in [-0.4, -0.2) is 7.11 Å². The van der Waals surface area contributed by atoms with Crippen molar-refractivity contribution < 1.29 is 17.9 Å². The first-order valence-electron chi connectivity index (χ1n) is 10.3. The summed E-state index contributed by atoms with van der Waals surface area (Å²) in [6.45, 7) is 1.97. The summed E-state index contributed by atoms with van der Waals surface area (Å²) in [5, 5.41) is 9.12. The predicted molar refractivity (Wildman–Crippen MR) is 124 cm³/mol. The van der Waals surface area contributed by atoms with Crippen molar-refractivity contribution in [3.63, 3.8) is 0 Å². The van der Waals surface area contributed by atoms with Crippen LogP contribution in [0.25, 0.3) is 33.4 Å². The summed E-state index contributed by atoms with van der Waals surface area (Å²) in [6.07, 6.45) is -4.39. The van der Waals surface area contributed by atoms with Crippen molar-refractivity contribution in [2.75, 3.05) is 7.11 Å². The second-order valence-corrected chi connectivity index (χ2v) is 7.65. The van der Waals surface area contributed by atoms with Gasteiger partial charge in [-0.1, -0.05) is 48.5 Å². The number of ether oxygens (including phenoxy) is 1. The summed E-state index contributed by atoms with van der Waals surface area (Å²) in [5.41, 5.74) is 6.07. The number of hydrogen-bond acceptors (Lipinski definition) is 2. The van der Waals surface area contributed by atoms with Gasteiger partial charge in [0.1, 0.15) is 5.75 Å². The van der Waals surface area contributed by atoms with Gasteiger partial charge >= 0.3 is 6.18 Å². The van der Waals surface area contributed by atoms with Gasteiger partial charge in [0.15, 0.2) is 0 Å². The maximum absolute atomic E-state index is 13.1. The van der Waals surface area contributed by atoms with Crippen LogP contribution < -0.4 is 4.74 Å². The van der Waals surface area contributed by atoms with E-state index in [0.717, 1.165) is 51.3 Å². The number of methoxy groups -OCH3 is 1. The normalized spacial score (nSPS) is 11.2. The monoisotopic (exact) mass is 443 g/mol. The van der Waals surface area contributed by atoms with E-state index in [1.165, 1.54) is 12.1 Å². The fourth-order valence-corrected chi connectivity index (χ4v) is 3.96. The zero-order valence-electron chi connectivity index (χ0n) is 18.1. The molecule has 4 rings (SSSR count). The Balaban J connectivity index is 1.91. The molecule has 0 aliphatic carbocycles. The molecule has 0 aliphatic rings. The quantitative estimate of drug-likeness (QED) is 0.321. The van der Waals surface area contributed by atoms with Crippen LogP contribution in [0.4, 0.5) is 13.2 Å². The molecule has 0 aromatic heterocycles. The van der Waals surface area contributed by atoms with E-state index in [-0.39, 0.29) is 0 Å². The van der Waals surface area contributed by atoms with Crippen molar-refractivity contribution >= 4 is 0 Å². The molecule has 33 heavy (non-hydrogen) atoms. The first kappa shape index (κ1) is 22.2. The second kappa shape index (κ2) is 8.84. The number of nitrogens with zero attached hydrogens (tertiary/aromatic N) is 1. The van der Waals surface area contributed by atoms with E-state index in [1.54, 1.807) is 19.2 Å². The van der Waals surface area contributed by atoms with Crippen LogP contribution in [-0.2, 0) is 6.18 Å². The van der Waals surface area contributed by atoms with E-state index < -0.39 is 11.7 Å². The maximum Gasteiger partial charge on any atom is 0.416 e. The number of alkyl halides is 3. The number of rotatable bonds is 4. The topological polar surface area (TPSA) is 33.0 Å². The highest BCUT2D eigenvalue weighted by atomic mass is 19.4. The lowest BCUT2D eigenvalue weighted by Gasteiger charge is -2.18. The minimum Gasteiger partial charge on any atom is -0.497 e. The van der Waals surface area contributed by atoms with Gasteiger partial charge in [-0.15, -0.1) is 0 Å². The van der Waals surface area contributed by atoms with Gasteiger partial charge in [-0.2, -0.15) is 18.4 Å². The molecule has 0 spiro atoms. The van der Waals surface area contributed by atoms with Gasteiger partial charge in [-0.3, -0.25) is 0 Å². The van der Waals surface area contributed by atoms with Gasteiger partial charge in [0.2, 0.25) is 0 Å².